The molecule has 3 aromatic rings. The summed E-state index contributed by atoms with van der Waals surface area (Å²) in [5, 5.41) is 0.319. The topological polar surface area (TPSA) is 85.6 Å². The van der Waals surface area contributed by atoms with Gasteiger partial charge in [-0.2, -0.15) is 0 Å². The van der Waals surface area contributed by atoms with Gasteiger partial charge in [0, 0.05) is 11.6 Å². The van der Waals surface area contributed by atoms with Crippen molar-refractivity contribution in [3.8, 4) is 11.5 Å². The molecule has 7 heteroatoms. The molecule has 6 nitrogen and oxygen atoms in total. The number of benzene rings is 2. The molecule has 0 saturated carbocycles. The highest BCUT2D eigenvalue weighted by Crippen LogP contribution is 2.33. The van der Waals surface area contributed by atoms with Crippen LogP contribution in [0.5, 0.6) is 11.5 Å². The summed E-state index contributed by atoms with van der Waals surface area (Å²) in [5.74, 6) is 0.738. The van der Waals surface area contributed by atoms with E-state index < -0.39 is 10.0 Å². The van der Waals surface area contributed by atoms with E-state index in [2.05, 4.69) is 4.72 Å². The molecule has 0 aliphatic rings. The van der Waals surface area contributed by atoms with Crippen LogP contribution in [0.1, 0.15) is 5.56 Å². The van der Waals surface area contributed by atoms with Crippen LogP contribution in [-0.4, -0.2) is 14.7 Å². The van der Waals surface area contributed by atoms with E-state index >= 15 is 0 Å². The zero-order chi connectivity index (χ0) is 17.3. The maximum Gasteiger partial charge on any atom is 0.229 e. The van der Waals surface area contributed by atoms with Crippen LogP contribution >= 0.6 is 0 Å². The fraction of sp³-hybridized carbons (Fsp3) is 0.118. The summed E-state index contributed by atoms with van der Waals surface area (Å²) in [6, 6.07) is 11.8. The predicted octanol–water partition coefficient (Wildman–Crippen LogP) is 3.27. The third kappa shape index (κ3) is 3.41. The van der Waals surface area contributed by atoms with E-state index in [9.17, 15) is 13.2 Å². The number of ether oxygens (including phenoxy) is 1. The predicted molar refractivity (Wildman–Crippen MR) is 92.2 cm³/mol. The van der Waals surface area contributed by atoms with E-state index in [4.69, 9.17) is 9.15 Å². The van der Waals surface area contributed by atoms with E-state index in [1.807, 2.05) is 6.07 Å². The van der Waals surface area contributed by atoms with Gasteiger partial charge in [-0.1, -0.05) is 18.2 Å². The largest absolute Gasteiger partial charge is 0.464 e. The van der Waals surface area contributed by atoms with Crippen molar-refractivity contribution in [2.75, 3.05) is 11.0 Å². The summed E-state index contributed by atoms with van der Waals surface area (Å²) in [7, 11) is -3.53. The summed E-state index contributed by atoms with van der Waals surface area (Å²) in [4.78, 5) is 12.3. The molecule has 1 heterocycles. The molecule has 0 unspecified atom stereocenters. The van der Waals surface area contributed by atoms with Crippen molar-refractivity contribution >= 4 is 26.7 Å². The van der Waals surface area contributed by atoms with E-state index in [0.717, 1.165) is 6.26 Å². The van der Waals surface area contributed by atoms with Gasteiger partial charge in [-0.05, 0) is 25.1 Å². The Kier molecular flexibility index (Phi) is 4.02. The van der Waals surface area contributed by atoms with Crippen molar-refractivity contribution in [1.82, 2.24) is 0 Å². The van der Waals surface area contributed by atoms with Gasteiger partial charge in [-0.15, -0.1) is 0 Å². The standard InChI is InChI=1S/C17H15NO5S/c1-11-10-22-15-9-14(18-24(2,20)21)16(8-13(15)17(11)19)23-12-6-4-3-5-7-12/h3-10,18H,1-2H3. The second-order valence-corrected chi connectivity index (χ2v) is 7.13. The summed E-state index contributed by atoms with van der Waals surface area (Å²) in [6.07, 6.45) is 2.38. The van der Waals surface area contributed by atoms with Gasteiger partial charge in [0.1, 0.15) is 11.3 Å². The summed E-state index contributed by atoms with van der Waals surface area (Å²) in [6.45, 7) is 1.64. The first-order valence-corrected chi connectivity index (χ1v) is 8.99. The van der Waals surface area contributed by atoms with Crippen LogP contribution in [-0.2, 0) is 10.0 Å². The molecule has 0 aliphatic heterocycles. The van der Waals surface area contributed by atoms with Crippen LogP contribution in [0.2, 0.25) is 0 Å². The Balaban J connectivity index is 2.20. The highest BCUT2D eigenvalue weighted by Gasteiger charge is 2.15. The maximum atomic E-state index is 12.3. The Morgan fingerprint density at radius 2 is 1.83 bits per heavy atom. The SMILES string of the molecule is Cc1coc2cc(NS(C)(=O)=O)c(Oc3ccccc3)cc2c1=O. The summed E-state index contributed by atoms with van der Waals surface area (Å²) < 4.78 is 36.7. The molecule has 0 spiro atoms. The number of fused-ring (bicyclic) bond motifs is 1. The molecule has 0 atom stereocenters. The Morgan fingerprint density at radius 3 is 2.50 bits per heavy atom. The number of nitrogens with one attached hydrogen (secondary N) is 1. The quantitative estimate of drug-likeness (QED) is 0.784. The average molecular weight is 345 g/mol. The lowest BCUT2D eigenvalue weighted by molar-refractivity contribution is 0.485. The Hall–Kier alpha value is -2.80. The van der Waals surface area contributed by atoms with E-state index in [1.54, 1.807) is 31.2 Å². The fourth-order valence-corrected chi connectivity index (χ4v) is 2.79. The Bertz CT molecular complexity index is 1060. The molecule has 2 aromatic carbocycles. The molecule has 1 aromatic heterocycles. The fourth-order valence-electron chi connectivity index (χ4n) is 2.23. The van der Waals surface area contributed by atoms with Crippen LogP contribution in [0, 0.1) is 6.92 Å². The van der Waals surface area contributed by atoms with Crippen molar-refractivity contribution in [3.63, 3.8) is 0 Å². The highest BCUT2D eigenvalue weighted by molar-refractivity contribution is 7.92. The molecule has 24 heavy (non-hydrogen) atoms. The van der Waals surface area contributed by atoms with E-state index in [0.29, 0.717) is 16.7 Å². The molecule has 0 amide bonds. The second kappa shape index (κ2) is 6.01. The number of sulfonamides is 1. The molecule has 3 rings (SSSR count). The molecular formula is C17H15NO5S. The van der Waals surface area contributed by atoms with Crippen LogP contribution in [0.3, 0.4) is 0 Å². The lowest BCUT2D eigenvalue weighted by Gasteiger charge is -2.13. The molecule has 124 valence electrons. The van der Waals surface area contributed by atoms with Gasteiger partial charge in [-0.3, -0.25) is 9.52 Å². The third-order valence-electron chi connectivity index (χ3n) is 3.31. The van der Waals surface area contributed by atoms with Crippen molar-refractivity contribution in [1.29, 1.82) is 0 Å². The van der Waals surface area contributed by atoms with Crippen LogP contribution in [0.4, 0.5) is 5.69 Å². The van der Waals surface area contributed by atoms with Crippen LogP contribution < -0.4 is 14.9 Å². The lowest BCUT2D eigenvalue weighted by atomic mass is 10.1. The van der Waals surface area contributed by atoms with Gasteiger partial charge in [0.15, 0.2) is 11.2 Å². The first-order chi connectivity index (χ1) is 11.3. The Labute approximate surface area is 138 Å². The molecule has 0 fully saturated rings. The second-order valence-electron chi connectivity index (χ2n) is 5.38. The molecule has 0 bridgehead atoms. The Morgan fingerprint density at radius 1 is 1.12 bits per heavy atom. The maximum absolute atomic E-state index is 12.3. The first-order valence-electron chi connectivity index (χ1n) is 7.10. The number of hydrogen-bond acceptors (Lipinski definition) is 5. The van der Waals surface area contributed by atoms with Crippen LogP contribution in [0.15, 0.2) is 57.9 Å². The minimum atomic E-state index is -3.53. The van der Waals surface area contributed by atoms with Crippen molar-refractivity contribution in [2.45, 2.75) is 6.92 Å². The highest BCUT2D eigenvalue weighted by atomic mass is 32.2. The molecular weight excluding hydrogens is 330 g/mol. The minimum Gasteiger partial charge on any atom is -0.464 e. The van der Waals surface area contributed by atoms with Gasteiger partial charge in [-0.25, -0.2) is 8.42 Å². The number of hydrogen-bond donors (Lipinski definition) is 1. The first kappa shape index (κ1) is 16.1. The summed E-state index contributed by atoms with van der Waals surface area (Å²) in [5.41, 5.74) is 0.732. The molecule has 0 radical (unpaired) electrons. The van der Waals surface area contributed by atoms with Gasteiger partial charge >= 0.3 is 0 Å². The average Bonchev–Trinajstić information content (AvgIpc) is 2.52. The smallest absolute Gasteiger partial charge is 0.229 e. The third-order valence-corrected chi connectivity index (χ3v) is 3.90. The van der Waals surface area contributed by atoms with Gasteiger partial charge in [0.2, 0.25) is 10.0 Å². The monoisotopic (exact) mass is 345 g/mol. The summed E-state index contributed by atoms with van der Waals surface area (Å²) >= 11 is 0. The van der Waals surface area contributed by atoms with Crippen LogP contribution in [0.25, 0.3) is 11.0 Å². The number of rotatable bonds is 4. The van der Waals surface area contributed by atoms with E-state index in [-0.39, 0.29) is 22.4 Å². The minimum absolute atomic E-state index is 0.194. The number of para-hydroxylation sites is 1. The molecule has 0 aliphatic carbocycles. The van der Waals surface area contributed by atoms with E-state index in [1.165, 1.54) is 18.4 Å². The lowest BCUT2D eigenvalue weighted by Crippen LogP contribution is -2.11. The van der Waals surface area contributed by atoms with Crippen molar-refractivity contribution in [2.24, 2.45) is 0 Å². The van der Waals surface area contributed by atoms with Gasteiger partial charge in [0.05, 0.1) is 23.6 Å². The normalized spacial score (nSPS) is 11.4. The van der Waals surface area contributed by atoms with Crippen molar-refractivity contribution < 1.29 is 17.6 Å². The van der Waals surface area contributed by atoms with Gasteiger partial charge < -0.3 is 9.15 Å². The zero-order valence-corrected chi connectivity index (χ0v) is 13.9. The van der Waals surface area contributed by atoms with Crippen molar-refractivity contribution in [3.05, 3.63) is 64.5 Å². The molecule has 0 saturated heterocycles. The zero-order valence-electron chi connectivity index (χ0n) is 13.1. The van der Waals surface area contributed by atoms with Gasteiger partial charge in [0.25, 0.3) is 0 Å². The molecule has 1 N–H and O–H groups in total. The number of aryl methyl sites for hydroxylation is 1. The number of anilines is 1.